The summed E-state index contributed by atoms with van der Waals surface area (Å²) in [4.78, 5) is 41.1. The number of ether oxygens (including phenoxy) is 2. The van der Waals surface area contributed by atoms with E-state index in [9.17, 15) is 19.5 Å². The second kappa shape index (κ2) is 11.8. The van der Waals surface area contributed by atoms with Crippen LogP contribution in [0.25, 0.3) is 0 Å². The third-order valence-electron chi connectivity index (χ3n) is 11.9. The quantitative estimate of drug-likeness (QED) is 0.304. The summed E-state index contributed by atoms with van der Waals surface area (Å²) in [6, 6.07) is 9.74. The van der Waals surface area contributed by atoms with E-state index >= 15 is 0 Å². The second-order valence-electron chi connectivity index (χ2n) is 14.8. The van der Waals surface area contributed by atoms with Crippen molar-refractivity contribution < 1.29 is 33.4 Å². The molecule has 1 amide bonds. The molecule has 2 aliphatic heterocycles. The molecule has 1 saturated heterocycles. The predicted molar refractivity (Wildman–Crippen MR) is 176 cm³/mol. The largest absolute Gasteiger partial charge is 0.472 e. The molecule has 2 saturated carbocycles. The van der Waals surface area contributed by atoms with Gasteiger partial charge in [-0.3, -0.25) is 9.59 Å². The van der Waals surface area contributed by atoms with Gasteiger partial charge in [-0.25, -0.2) is 9.48 Å². The van der Waals surface area contributed by atoms with Crippen molar-refractivity contribution in [3.8, 4) is 0 Å². The van der Waals surface area contributed by atoms with Crippen LogP contribution in [0.5, 0.6) is 0 Å². The number of rotatable bonds is 8. The molecule has 7 rings (SSSR count). The van der Waals surface area contributed by atoms with Crippen molar-refractivity contribution in [1.29, 1.82) is 0 Å². The normalized spacial score (nSPS) is 33.7. The van der Waals surface area contributed by atoms with Crippen molar-refractivity contribution in [2.75, 3.05) is 6.61 Å². The molecule has 0 bridgehead atoms. The number of aliphatic hydroxyl groups excluding tert-OH is 1. The molecule has 4 aliphatic rings. The lowest BCUT2D eigenvalue weighted by molar-refractivity contribution is -0.172. The van der Waals surface area contributed by atoms with Gasteiger partial charge >= 0.3 is 5.97 Å². The standard InChI is InChI=1S/C36H41BrN4O7/c1-33(2)26-13-28(43)35(4)25(9-11-34(3)27(35)14-31(45)47-32(34)22-10-12-46-19-22)36(26,20-42)29(48-33)15-30(44)38-16-24-18-41(40-39-24)17-21-5-7-23(37)8-6-21/h5-8,10,12,14,18-19,25-26,29,32,42H,9,11,13,15-17,20H2,1-4H3,(H,38,44)/t25-,26-,29-,32-,34+,35+,36+/m0/s1. The van der Waals surface area contributed by atoms with Gasteiger partial charge in [-0.1, -0.05) is 40.2 Å². The number of nitrogens with one attached hydrogen (secondary N) is 1. The van der Waals surface area contributed by atoms with E-state index in [2.05, 4.69) is 31.6 Å². The Balaban J connectivity index is 1.13. The average Bonchev–Trinajstić information content (AvgIpc) is 3.78. The lowest BCUT2D eigenvalue weighted by Crippen LogP contribution is -2.64. The van der Waals surface area contributed by atoms with E-state index in [-0.39, 0.29) is 49.5 Å². The highest BCUT2D eigenvalue weighted by Crippen LogP contribution is 2.71. The summed E-state index contributed by atoms with van der Waals surface area (Å²) in [6.45, 7) is 8.34. The van der Waals surface area contributed by atoms with Gasteiger partial charge in [-0.05, 0) is 68.9 Å². The van der Waals surface area contributed by atoms with Gasteiger partial charge in [0.25, 0.3) is 0 Å². The monoisotopic (exact) mass is 720 g/mol. The molecular weight excluding hydrogens is 680 g/mol. The summed E-state index contributed by atoms with van der Waals surface area (Å²) in [7, 11) is 0. The molecular formula is C36H41BrN4O7. The summed E-state index contributed by atoms with van der Waals surface area (Å²) < 4.78 is 20.6. The number of fused-ring (bicyclic) bond motifs is 5. The number of carbonyl (C=O) groups is 3. The SMILES string of the molecule is CC1(C)O[C@@H](CC(=O)NCc2cn(Cc3ccc(Br)cc3)nn2)[C@@]2(CO)[C@H]1CC(=O)[C@@]1(C)C3=CC(=O)O[C@@H](c4ccoc4)[C@]3(C)CC[C@@H]12. The number of aromatic nitrogens is 3. The van der Waals surface area contributed by atoms with Gasteiger partial charge in [0.1, 0.15) is 17.6 Å². The number of hydrogen-bond acceptors (Lipinski definition) is 9. The Morgan fingerprint density at radius 2 is 1.90 bits per heavy atom. The molecule has 4 heterocycles. The Kier molecular flexibility index (Phi) is 8.07. The van der Waals surface area contributed by atoms with Crippen LogP contribution in [0.4, 0.5) is 0 Å². The highest BCUT2D eigenvalue weighted by molar-refractivity contribution is 9.10. The molecule has 3 fully saturated rings. The maximum atomic E-state index is 14.4. The Bertz CT molecular complexity index is 1770. The first kappa shape index (κ1) is 32.9. The van der Waals surface area contributed by atoms with Crippen LogP contribution in [0.2, 0.25) is 0 Å². The number of esters is 1. The van der Waals surface area contributed by atoms with Crippen LogP contribution < -0.4 is 5.32 Å². The minimum Gasteiger partial charge on any atom is -0.472 e. The summed E-state index contributed by atoms with van der Waals surface area (Å²) in [5.41, 5.74) is -0.227. The Morgan fingerprint density at radius 1 is 1.12 bits per heavy atom. The molecule has 0 unspecified atom stereocenters. The molecule has 254 valence electrons. The predicted octanol–water partition coefficient (Wildman–Crippen LogP) is 5.08. The van der Waals surface area contributed by atoms with Crippen LogP contribution >= 0.6 is 15.9 Å². The third kappa shape index (κ3) is 5.09. The number of nitrogens with zero attached hydrogens (tertiary/aromatic N) is 3. The van der Waals surface area contributed by atoms with E-state index in [4.69, 9.17) is 13.9 Å². The van der Waals surface area contributed by atoms with Crippen LogP contribution in [-0.2, 0) is 36.9 Å². The van der Waals surface area contributed by atoms with Crippen molar-refractivity contribution in [3.05, 3.63) is 82.0 Å². The maximum Gasteiger partial charge on any atom is 0.331 e. The minimum absolute atomic E-state index is 0.00426. The third-order valence-corrected chi connectivity index (χ3v) is 12.4. The lowest BCUT2D eigenvalue weighted by Gasteiger charge is -2.62. The van der Waals surface area contributed by atoms with E-state index in [0.29, 0.717) is 25.1 Å². The van der Waals surface area contributed by atoms with Crippen LogP contribution in [0.1, 0.15) is 76.3 Å². The number of hydrogen-bond donors (Lipinski definition) is 2. The van der Waals surface area contributed by atoms with Gasteiger partial charge < -0.3 is 24.3 Å². The van der Waals surface area contributed by atoms with Gasteiger partial charge in [-0.2, -0.15) is 0 Å². The van der Waals surface area contributed by atoms with Gasteiger partial charge in [-0.15, -0.1) is 5.10 Å². The number of cyclic esters (lactones) is 1. The van der Waals surface area contributed by atoms with E-state index in [1.165, 1.54) is 6.08 Å². The van der Waals surface area contributed by atoms with Gasteiger partial charge in [0, 0.05) is 39.3 Å². The van der Waals surface area contributed by atoms with Crippen LogP contribution in [0.3, 0.4) is 0 Å². The number of Topliss-reactive ketones (excluding diaryl/α,β-unsaturated/α-hetero) is 1. The number of carbonyl (C=O) groups excluding carboxylic acids is 3. The zero-order valence-corrected chi connectivity index (χ0v) is 29.2. The molecule has 2 aliphatic carbocycles. The first-order valence-electron chi connectivity index (χ1n) is 16.5. The van der Waals surface area contributed by atoms with E-state index in [1.54, 1.807) is 29.5 Å². The highest BCUT2D eigenvalue weighted by atomic mass is 79.9. The fourth-order valence-electron chi connectivity index (χ4n) is 9.63. The summed E-state index contributed by atoms with van der Waals surface area (Å²) in [5, 5.41) is 22.8. The van der Waals surface area contributed by atoms with Crippen LogP contribution in [-0.4, -0.2) is 56.1 Å². The Labute approximate surface area is 287 Å². The summed E-state index contributed by atoms with van der Waals surface area (Å²) in [5.74, 6) is -1.41. The van der Waals surface area contributed by atoms with E-state index < -0.39 is 40.0 Å². The first-order valence-corrected chi connectivity index (χ1v) is 17.3. The van der Waals surface area contributed by atoms with Crippen molar-refractivity contribution in [2.24, 2.45) is 28.1 Å². The van der Waals surface area contributed by atoms with Crippen molar-refractivity contribution in [1.82, 2.24) is 20.3 Å². The molecule has 2 N–H and O–H groups in total. The van der Waals surface area contributed by atoms with Crippen LogP contribution in [0.15, 0.2) is 69.6 Å². The molecule has 0 radical (unpaired) electrons. The fourth-order valence-corrected chi connectivity index (χ4v) is 9.90. The number of benzene rings is 1. The summed E-state index contributed by atoms with van der Waals surface area (Å²) >= 11 is 3.45. The fraction of sp³-hybridized carbons (Fsp3) is 0.528. The molecule has 7 atom stereocenters. The molecule has 2 aromatic heterocycles. The van der Waals surface area contributed by atoms with Crippen LogP contribution in [0, 0.1) is 28.1 Å². The van der Waals surface area contributed by atoms with Crippen molar-refractivity contribution >= 4 is 33.6 Å². The molecule has 48 heavy (non-hydrogen) atoms. The number of ketones is 1. The molecule has 3 aromatic rings. The number of amides is 1. The lowest BCUT2D eigenvalue weighted by atomic mass is 9.40. The van der Waals surface area contributed by atoms with Crippen molar-refractivity contribution in [2.45, 2.75) is 84.3 Å². The Hall–Kier alpha value is -3.61. The topological polar surface area (TPSA) is 146 Å². The molecule has 11 nitrogen and oxygen atoms in total. The maximum absolute atomic E-state index is 14.4. The smallest absolute Gasteiger partial charge is 0.331 e. The van der Waals surface area contributed by atoms with Gasteiger partial charge in [0.2, 0.25) is 5.91 Å². The molecule has 1 aromatic carbocycles. The van der Waals surface area contributed by atoms with E-state index in [0.717, 1.165) is 21.2 Å². The molecule has 0 spiro atoms. The molecule has 12 heteroatoms. The number of halogens is 1. The van der Waals surface area contributed by atoms with E-state index in [1.807, 2.05) is 52.0 Å². The minimum atomic E-state index is -1.07. The first-order chi connectivity index (χ1) is 22.8. The van der Waals surface area contributed by atoms with Gasteiger partial charge in [0.05, 0.1) is 62.0 Å². The average molecular weight is 722 g/mol. The van der Waals surface area contributed by atoms with Gasteiger partial charge in [0.15, 0.2) is 0 Å². The van der Waals surface area contributed by atoms with Crippen molar-refractivity contribution in [3.63, 3.8) is 0 Å². The second-order valence-corrected chi connectivity index (χ2v) is 15.7. The highest BCUT2D eigenvalue weighted by Gasteiger charge is 2.73. The number of aliphatic hydroxyl groups is 1. The zero-order valence-electron chi connectivity index (χ0n) is 27.6. The Morgan fingerprint density at radius 3 is 2.60 bits per heavy atom. The number of furan rings is 1. The zero-order chi connectivity index (χ0) is 34.1. The summed E-state index contributed by atoms with van der Waals surface area (Å²) in [6.07, 6.45) is 6.54.